The molecule has 3 aromatic rings. The molecule has 0 bridgehead atoms. The van der Waals surface area contributed by atoms with Crippen molar-refractivity contribution in [3.8, 4) is 0 Å². The Labute approximate surface area is 139 Å². The van der Waals surface area contributed by atoms with Gasteiger partial charge in [-0.15, -0.1) is 0 Å². The van der Waals surface area contributed by atoms with Crippen molar-refractivity contribution in [1.82, 2.24) is 0 Å². The van der Waals surface area contributed by atoms with Gasteiger partial charge in [0.1, 0.15) is 29.8 Å². The lowest BCUT2D eigenvalue weighted by Crippen LogP contribution is -2.17. The second kappa shape index (κ2) is 7.06. The molecule has 8 heteroatoms. The van der Waals surface area contributed by atoms with Crippen LogP contribution < -0.4 is 0 Å². The molecule has 0 spiro atoms. The van der Waals surface area contributed by atoms with Gasteiger partial charge in [0.05, 0.1) is 7.11 Å². The van der Waals surface area contributed by atoms with Gasteiger partial charge < -0.3 is 8.60 Å². The van der Waals surface area contributed by atoms with Crippen LogP contribution in [-0.2, 0) is 13.4 Å². The Bertz CT molecular complexity index is 806. The van der Waals surface area contributed by atoms with Crippen LogP contribution in [0.15, 0.2) is 51.8 Å². The third-order valence-electron chi connectivity index (χ3n) is 2.96. The lowest BCUT2D eigenvalue weighted by atomic mass is 10.2. The molecule has 0 saturated heterocycles. The van der Waals surface area contributed by atoms with E-state index >= 15 is 0 Å². The second-order valence-corrected chi connectivity index (χ2v) is 6.33. The zero-order valence-corrected chi connectivity index (χ0v) is 13.6. The first-order chi connectivity index (χ1) is 11.1. The van der Waals surface area contributed by atoms with Gasteiger partial charge in [0.15, 0.2) is 0 Å². The average molecular weight is 358 g/mol. The van der Waals surface area contributed by atoms with Crippen LogP contribution in [-0.4, -0.2) is 19.0 Å². The van der Waals surface area contributed by atoms with E-state index in [9.17, 15) is 8.78 Å². The summed E-state index contributed by atoms with van der Waals surface area (Å²) < 4.78 is 41.5. The van der Waals surface area contributed by atoms with Crippen molar-refractivity contribution in [3.63, 3.8) is 0 Å². The predicted molar refractivity (Wildman–Crippen MR) is 86.2 cm³/mol. The fraction of sp³-hybridized carbons (Fsp3) is 0.200. The van der Waals surface area contributed by atoms with Gasteiger partial charge >= 0.3 is 5.25 Å². The van der Waals surface area contributed by atoms with Gasteiger partial charge in [-0.1, -0.05) is 18.2 Å². The number of halogens is 2. The number of furan rings is 1. The summed E-state index contributed by atoms with van der Waals surface area (Å²) in [7, 11) is 1.15. The Morgan fingerprint density at radius 2 is 1.87 bits per heavy atom. The lowest BCUT2D eigenvalue weighted by Gasteiger charge is -2.12. The molecular formula is C15H12F2O4S2. The van der Waals surface area contributed by atoms with Crippen molar-refractivity contribution < 1.29 is 26.6 Å². The van der Waals surface area contributed by atoms with Crippen LogP contribution in [0, 0.1) is 0 Å². The molecule has 0 N–H and O–H groups in total. The smallest absolute Gasteiger partial charge is 0.344 e. The van der Waals surface area contributed by atoms with Crippen LogP contribution in [0.3, 0.4) is 0 Å². The van der Waals surface area contributed by atoms with Gasteiger partial charge in [-0.2, -0.15) is 13.1 Å². The van der Waals surface area contributed by atoms with Crippen molar-refractivity contribution in [3.05, 3.63) is 42.5 Å². The molecule has 0 aliphatic rings. The molecule has 0 aliphatic heterocycles. The van der Waals surface area contributed by atoms with Crippen molar-refractivity contribution in [2.45, 2.75) is 10.2 Å². The van der Waals surface area contributed by atoms with E-state index in [-0.39, 0.29) is 12.0 Å². The summed E-state index contributed by atoms with van der Waals surface area (Å²) in [5.74, 6) is 0. The first kappa shape index (κ1) is 16.5. The Hall–Kier alpha value is -1.32. The lowest BCUT2D eigenvalue weighted by molar-refractivity contribution is -0.167. The van der Waals surface area contributed by atoms with Crippen molar-refractivity contribution in [2.75, 3.05) is 13.7 Å². The number of para-hydroxylation sites is 1. The molecule has 2 aromatic carbocycles. The van der Waals surface area contributed by atoms with Crippen LogP contribution in [0.4, 0.5) is 8.78 Å². The molecule has 122 valence electrons. The summed E-state index contributed by atoms with van der Waals surface area (Å²) in [6.07, 6.45) is 0. The van der Waals surface area contributed by atoms with Gasteiger partial charge in [-0.25, -0.2) is 4.89 Å². The van der Waals surface area contributed by atoms with E-state index in [0.717, 1.165) is 35.5 Å². The summed E-state index contributed by atoms with van der Waals surface area (Å²) in [6.45, 7) is -0.816. The minimum absolute atomic E-state index is 0.0930. The highest BCUT2D eigenvalue weighted by Gasteiger charge is 2.33. The van der Waals surface area contributed by atoms with E-state index in [1.165, 1.54) is 0 Å². The van der Waals surface area contributed by atoms with E-state index in [4.69, 9.17) is 8.60 Å². The quantitative estimate of drug-likeness (QED) is 0.319. The van der Waals surface area contributed by atoms with Crippen LogP contribution in [0.2, 0.25) is 0 Å². The van der Waals surface area contributed by atoms with E-state index in [0.29, 0.717) is 10.5 Å². The maximum absolute atomic E-state index is 13.3. The molecule has 0 radical (unpaired) electrons. The van der Waals surface area contributed by atoms with Gasteiger partial charge in [0.2, 0.25) is 0 Å². The molecule has 0 atom stereocenters. The van der Waals surface area contributed by atoms with Crippen molar-refractivity contribution >= 4 is 46.0 Å². The summed E-state index contributed by atoms with van der Waals surface area (Å²) in [6, 6.07) is 13.1. The number of fused-ring (bicyclic) bond motifs is 3. The fourth-order valence-electron chi connectivity index (χ4n) is 2.03. The molecular weight excluding hydrogens is 346 g/mol. The van der Waals surface area contributed by atoms with Crippen LogP contribution in [0.5, 0.6) is 0 Å². The first-order valence-electron chi connectivity index (χ1n) is 6.56. The van der Waals surface area contributed by atoms with Gasteiger partial charge in [0.25, 0.3) is 0 Å². The molecule has 0 amide bonds. The topological polar surface area (TPSA) is 40.8 Å². The minimum atomic E-state index is -3.20. The zero-order valence-electron chi connectivity index (χ0n) is 12.0. The highest BCUT2D eigenvalue weighted by atomic mass is 32.2. The maximum atomic E-state index is 13.3. The maximum Gasteiger partial charge on any atom is 0.344 e. The summed E-state index contributed by atoms with van der Waals surface area (Å²) in [5, 5.41) is -1.22. The molecule has 23 heavy (non-hydrogen) atoms. The molecule has 3 rings (SSSR count). The molecule has 0 aliphatic carbocycles. The minimum Gasteiger partial charge on any atom is -0.456 e. The number of hydrogen-bond donors (Lipinski definition) is 0. The summed E-state index contributed by atoms with van der Waals surface area (Å²) in [4.78, 5) is 4.80. The highest BCUT2D eigenvalue weighted by molar-refractivity contribution is 7.96. The average Bonchev–Trinajstić information content (AvgIpc) is 2.90. The standard InChI is InChI=1S/C15H12F2O4S2/c1-18-21-23-15(16,17)9-19-22-10-6-7-12-11-4-2-3-5-13(11)20-14(12)8-10/h2-8H,9H2,1H3. The molecule has 0 saturated carbocycles. The molecule has 1 heterocycles. The fourth-order valence-corrected chi connectivity index (χ4v) is 3.00. The molecule has 4 nitrogen and oxygen atoms in total. The summed E-state index contributed by atoms with van der Waals surface area (Å²) in [5.41, 5.74) is 1.47. The third-order valence-corrected chi connectivity index (χ3v) is 4.20. The predicted octanol–water partition coefficient (Wildman–Crippen LogP) is 5.43. The Kier molecular flexibility index (Phi) is 5.08. The van der Waals surface area contributed by atoms with Gasteiger partial charge in [-0.3, -0.25) is 0 Å². The Balaban J connectivity index is 1.68. The number of hydrogen-bond acceptors (Lipinski definition) is 6. The van der Waals surface area contributed by atoms with Crippen molar-refractivity contribution in [2.24, 2.45) is 0 Å². The van der Waals surface area contributed by atoms with E-state index in [2.05, 4.69) is 9.22 Å². The SMILES string of the molecule is COOSC(F)(F)COSc1ccc2c(c1)oc1ccccc12. The monoisotopic (exact) mass is 358 g/mol. The van der Waals surface area contributed by atoms with Crippen LogP contribution in [0.1, 0.15) is 0 Å². The van der Waals surface area contributed by atoms with Crippen LogP contribution in [0.25, 0.3) is 21.9 Å². The van der Waals surface area contributed by atoms with Gasteiger partial charge in [-0.05, 0) is 24.3 Å². The highest BCUT2D eigenvalue weighted by Crippen LogP contribution is 2.35. The van der Waals surface area contributed by atoms with E-state index < -0.39 is 11.9 Å². The second-order valence-electron chi connectivity index (χ2n) is 4.56. The zero-order chi connectivity index (χ0) is 16.3. The molecule has 0 unspecified atom stereocenters. The molecule has 1 aromatic heterocycles. The van der Waals surface area contributed by atoms with E-state index in [1.807, 2.05) is 30.3 Å². The molecule has 0 fully saturated rings. The Morgan fingerprint density at radius 1 is 1.09 bits per heavy atom. The largest absolute Gasteiger partial charge is 0.456 e. The van der Waals surface area contributed by atoms with E-state index in [1.54, 1.807) is 12.1 Å². The number of benzene rings is 2. The van der Waals surface area contributed by atoms with Gasteiger partial charge in [0, 0.05) is 27.7 Å². The Morgan fingerprint density at radius 3 is 2.70 bits per heavy atom. The first-order valence-corrected chi connectivity index (χ1v) is 8.04. The number of rotatable bonds is 7. The van der Waals surface area contributed by atoms with Crippen molar-refractivity contribution in [1.29, 1.82) is 0 Å². The summed E-state index contributed by atoms with van der Waals surface area (Å²) >= 11 is 0.763. The number of alkyl halides is 2. The normalized spacial score (nSPS) is 12.3. The van der Waals surface area contributed by atoms with Crippen LogP contribution >= 0.6 is 24.1 Å². The third kappa shape index (κ3) is 3.96.